The predicted octanol–water partition coefficient (Wildman–Crippen LogP) is -0.222. The second-order valence-corrected chi connectivity index (χ2v) is 14.6. The Morgan fingerprint density at radius 2 is 0.933 bits per heavy atom. The van der Waals surface area contributed by atoms with Gasteiger partial charge in [0.1, 0.15) is 25.3 Å². The van der Waals surface area contributed by atoms with Crippen molar-refractivity contribution in [3.8, 4) is 0 Å². The first kappa shape index (κ1) is 55.9. The number of ether oxygens (including phenoxy) is 4. The van der Waals surface area contributed by atoms with E-state index in [1.54, 1.807) is 0 Å². The zero-order valence-electron chi connectivity index (χ0n) is 34.7. The van der Waals surface area contributed by atoms with Gasteiger partial charge < -0.3 is 66.6 Å². The lowest BCUT2D eigenvalue weighted by molar-refractivity contribution is -0.142. The fraction of sp³-hybridized carbons (Fsp3) is 0.789. The summed E-state index contributed by atoms with van der Waals surface area (Å²) in [5.41, 5.74) is 5.36. The molecule has 5 amide bonds. The molecule has 0 heterocycles. The Kier molecular flexibility index (Phi) is 36.4. The van der Waals surface area contributed by atoms with Crippen LogP contribution in [0.15, 0.2) is 0 Å². The predicted molar refractivity (Wildman–Crippen MR) is 220 cm³/mol. The Hall–Kier alpha value is -4.09. The molecule has 2 atom stereocenters. The summed E-state index contributed by atoms with van der Waals surface area (Å²) in [6, 6.07) is -2.20. The fourth-order valence-corrected chi connectivity index (χ4v) is 5.87. The maximum atomic E-state index is 12.3. The normalized spacial score (nSPS) is 11.9. The molecule has 0 aromatic heterocycles. The molecule has 0 aliphatic carbocycles. The minimum atomic E-state index is -1.21. The summed E-state index contributed by atoms with van der Waals surface area (Å²) in [6.07, 6.45) is 9.86. The molecule has 0 aliphatic heterocycles. The van der Waals surface area contributed by atoms with E-state index in [4.69, 9.17) is 34.9 Å². The fourth-order valence-electron chi connectivity index (χ4n) is 5.07. The number of carboxylic acid groups (broad SMARTS) is 3. The lowest BCUT2D eigenvalue weighted by Crippen LogP contribution is -2.41. The van der Waals surface area contributed by atoms with Crippen molar-refractivity contribution in [3.63, 3.8) is 0 Å². The van der Waals surface area contributed by atoms with Crippen molar-refractivity contribution in [2.75, 3.05) is 90.5 Å². The quantitative estimate of drug-likeness (QED) is 0.0358. The number of nitrogens with two attached hydrogens (primary N) is 1. The number of rotatable bonds is 42. The van der Waals surface area contributed by atoms with Gasteiger partial charge in [-0.05, 0) is 19.3 Å². The summed E-state index contributed by atoms with van der Waals surface area (Å²) in [5, 5.41) is 39.7. The van der Waals surface area contributed by atoms with Gasteiger partial charge in [0.2, 0.25) is 29.5 Å². The van der Waals surface area contributed by atoms with Crippen LogP contribution in [0.3, 0.4) is 0 Å². The van der Waals surface area contributed by atoms with Gasteiger partial charge in [-0.2, -0.15) is 0 Å². The smallest absolute Gasteiger partial charge is 0.326 e. The molecule has 0 radical (unpaired) electrons. The number of amides is 5. The molecule has 0 aromatic carbocycles. The maximum absolute atomic E-state index is 12.3. The van der Waals surface area contributed by atoms with Gasteiger partial charge >= 0.3 is 17.9 Å². The second-order valence-electron chi connectivity index (χ2n) is 13.6. The van der Waals surface area contributed by atoms with Gasteiger partial charge in [0.25, 0.3) is 0 Å². The van der Waals surface area contributed by atoms with Crippen LogP contribution < -0.4 is 32.3 Å². The van der Waals surface area contributed by atoms with Crippen molar-refractivity contribution in [1.82, 2.24) is 26.6 Å². The lowest BCUT2D eigenvalue weighted by Gasteiger charge is -2.14. The summed E-state index contributed by atoms with van der Waals surface area (Å²) in [6.45, 7) is 1.48. The molecule has 346 valence electrons. The van der Waals surface area contributed by atoms with Crippen LogP contribution in [0.25, 0.3) is 0 Å². The van der Waals surface area contributed by atoms with E-state index in [0.717, 1.165) is 69.5 Å². The monoisotopic (exact) mass is 880 g/mol. The molecule has 0 saturated heterocycles. The molecule has 0 spiro atoms. The Morgan fingerprint density at radius 3 is 1.43 bits per heavy atom. The highest BCUT2D eigenvalue weighted by atomic mass is 32.2. The molecule has 0 fully saturated rings. The third-order valence-corrected chi connectivity index (χ3v) is 9.36. The summed E-state index contributed by atoms with van der Waals surface area (Å²) < 4.78 is 21.2. The summed E-state index contributed by atoms with van der Waals surface area (Å²) >= 11 is 1.10. The van der Waals surface area contributed by atoms with E-state index in [0.29, 0.717) is 6.42 Å². The molecule has 0 unspecified atom stereocenters. The van der Waals surface area contributed by atoms with Gasteiger partial charge in [-0.25, -0.2) is 4.79 Å². The molecule has 0 bridgehead atoms. The molecule has 21 nitrogen and oxygen atoms in total. The summed E-state index contributed by atoms with van der Waals surface area (Å²) in [5.74, 6) is -4.69. The molecule has 10 N–H and O–H groups in total. The number of carboxylic acids is 3. The number of hydrogen-bond donors (Lipinski definition) is 9. The average molecular weight is 881 g/mol. The van der Waals surface area contributed by atoms with Crippen molar-refractivity contribution in [3.05, 3.63) is 0 Å². The van der Waals surface area contributed by atoms with Crippen molar-refractivity contribution >= 4 is 59.2 Å². The van der Waals surface area contributed by atoms with Crippen LogP contribution >= 0.6 is 11.8 Å². The summed E-state index contributed by atoms with van der Waals surface area (Å²) in [7, 11) is 0. The number of nitrogens with one attached hydrogen (secondary N) is 5. The van der Waals surface area contributed by atoms with Gasteiger partial charge in [0.05, 0.1) is 45.4 Å². The zero-order chi connectivity index (χ0) is 44.6. The van der Waals surface area contributed by atoms with E-state index >= 15 is 0 Å². The minimum Gasteiger partial charge on any atom is -0.481 e. The second kappa shape index (κ2) is 39.1. The highest BCUT2D eigenvalue weighted by Gasteiger charge is 2.21. The van der Waals surface area contributed by atoms with Gasteiger partial charge in [0.15, 0.2) is 0 Å². The van der Waals surface area contributed by atoms with Crippen LogP contribution in [0.2, 0.25) is 0 Å². The Morgan fingerprint density at radius 1 is 0.483 bits per heavy atom. The highest BCUT2D eigenvalue weighted by molar-refractivity contribution is 8.00. The van der Waals surface area contributed by atoms with Crippen molar-refractivity contribution in [2.45, 2.75) is 102 Å². The molecule has 0 aliphatic rings. The Balaban J connectivity index is 3.67. The van der Waals surface area contributed by atoms with Crippen LogP contribution in [0, 0.1) is 0 Å². The molecule has 0 rings (SSSR count). The first-order valence-electron chi connectivity index (χ1n) is 20.5. The third-order valence-electron chi connectivity index (χ3n) is 8.30. The Labute approximate surface area is 356 Å². The van der Waals surface area contributed by atoms with Crippen molar-refractivity contribution < 1.29 is 72.6 Å². The van der Waals surface area contributed by atoms with Crippen molar-refractivity contribution in [1.29, 1.82) is 0 Å². The first-order valence-corrected chi connectivity index (χ1v) is 21.6. The average Bonchev–Trinajstić information content (AvgIpc) is 3.20. The van der Waals surface area contributed by atoms with E-state index in [2.05, 4.69) is 26.6 Å². The SMILES string of the molecule is N[C@@H](CSCC(=O)NCCNC(=O)COCCOCCNC(=O)COCCOCCNC(=O)CC[C@H](NC(=O)CCCCCCCCCCCCC(=O)O)C(=O)O)C(=O)O. The van der Waals surface area contributed by atoms with Crippen LogP contribution in [-0.2, 0) is 57.3 Å². The maximum Gasteiger partial charge on any atom is 0.326 e. The topological polar surface area (TPSA) is 320 Å². The van der Waals surface area contributed by atoms with Crippen LogP contribution in [0.4, 0.5) is 0 Å². The number of aliphatic carboxylic acids is 3. The van der Waals surface area contributed by atoms with E-state index in [1.807, 2.05) is 0 Å². The van der Waals surface area contributed by atoms with Crippen LogP contribution in [0.1, 0.15) is 89.9 Å². The summed E-state index contributed by atoms with van der Waals surface area (Å²) in [4.78, 5) is 92.5. The van der Waals surface area contributed by atoms with Gasteiger partial charge in [-0.1, -0.05) is 51.4 Å². The minimum absolute atomic E-state index is 0.0494. The van der Waals surface area contributed by atoms with Gasteiger partial charge in [-0.3, -0.25) is 33.6 Å². The number of hydrogen-bond acceptors (Lipinski definition) is 14. The first-order chi connectivity index (χ1) is 28.8. The molecule has 60 heavy (non-hydrogen) atoms. The third kappa shape index (κ3) is 38.1. The van der Waals surface area contributed by atoms with E-state index < -0.39 is 30.0 Å². The Bertz CT molecular complexity index is 1250. The number of carbonyl (C=O) groups is 8. The standard InChI is InChI=1S/C38H68N6O15S/c39-29(37(52)53)27-60-28-35(49)41-16-15-40-33(47)25-58-23-22-57-20-18-43-34(48)26-59-24-21-56-19-17-42-31(45)14-13-30(38(54)55)44-32(46)11-9-7-5-3-1-2-4-6-8-10-12-36(50)51/h29-30H,1-28,39H2,(H,40,47)(H,41,49)(H,42,45)(H,43,48)(H,44,46)(H,50,51)(H,52,53)(H,54,55)/t29-,30-/m0/s1. The number of carbonyl (C=O) groups excluding carboxylic acids is 5. The van der Waals surface area contributed by atoms with E-state index in [-0.39, 0.29) is 146 Å². The van der Waals surface area contributed by atoms with Gasteiger partial charge in [-0.15, -0.1) is 11.8 Å². The molecular weight excluding hydrogens is 813 g/mol. The van der Waals surface area contributed by atoms with Crippen molar-refractivity contribution in [2.24, 2.45) is 5.73 Å². The number of unbranched alkanes of at least 4 members (excludes halogenated alkanes) is 9. The largest absolute Gasteiger partial charge is 0.481 e. The van der Waals surface area contributed by atoms with Gasteiger partial charge in [0, 0.05) is 51.2 Å². The molecule has 0 saturated carbocycles. The molecular formula is C38H68N6O15S. The van der Waals surface area contributed by atoms with Crippen LogP contribution in [0.5, 0.6) is 0 Å². The van der Waals surface area contributed by atoms with E-state index in [9.17, 15) is 43.5 Å². The molecule has 0 aromatic rings. The van der Waals surface area contributed by atoms with Crippen LogP contribution in [-0.4, -0.2) is 165 Å². The van der Waals surface area contributed by atoms with E-state index in [1.165, 1.54) is 0 Å². The highest BCUT2D eigenvalue weighted by Crippen LogP contribution is 2.12. The number of thioether (sulfide) groups is 1. The zero-order valence-corrected chi connectivity index (χ0v) is 35.5. The molecule has 22 heteroatoms. The lowest BCUT2D eigenvalue weighted by atomic mass is 10.0.